The lowest BCUT2D eigenvalue weighted by Crippen LogP contribution is -2.16. The van der Waals surface area contributed by atoms with E-state index in [4.69, 9.17) is 4.74 Å². The molecule has 1 atom stereocenters. The number of halogens is 1. The molecule has 0 fully saturated rings. The summed E-state index contributed by atoms with van der Waals surface area (Å²) < 4.78 is 19.4. The fourth-order valence-corrected chi connectivity index (χ4v) is 2.06. The summed E-state index contributed by atoms with van der Waals surface area (Å²) in [5.41, 5.74) is 2.05. The predicted octanol–water partition coefficient (Wildman–Crippen LogP) is 3.86. The molecule has 0 heterocycles. The van der Waals surface area contributed by atoms with Gasteiger partial charge in [-0.05, 0) is 50.3 Å². The van der Waals surface area contributed by atoms with Crippen LogP contribution in [0.15, 0.2) is 48.5 Å². The van der Waals surface area contributed by atoms with Gasteiger partial charge in [0.2, 0.25) is 0 Å². The van der Waals surface area contributed by atoms with Gasteiger partial charge < -0.3 is 10.1 Å². The second-order valence-electron chi connectivity index (χ2n) is 4.87. The first kappa shape index (κ1) is 14.5. The maximum absolute atomic E-state index is 13.4. The third-order valence-electron chi connectivity index (χ3n) is 3.18. The maximum Gasteiger partial charge on any atom is 0.125 e. The van der Waals surface area contributed by atoms with Gasteiger partial charge in [0.1, 0.15) is 17.7 Å². The summed E-state index contributed by atoms with van der Waals surface area (Å²) in [6.45, 7) is 2.85. The largest absolute Gasteiger partial charge is 0.486 e. The van der Waals surface area contributed by atoms with Crippen LogP contribution in [0.2, 0.25) is 0 Å². The molecule has 2 rings (SSSR count). The highest BCUT2D eigenvalue weighted by Gasteiger charge is 2.13. The Morgan fingerprint density at radius 2 is 1.90 bits per heavy atom. The van der Waals surface area contributed by atoms with Crippen LogP contribution in [0.5, 0.6) is 5.75 Å². The molecule has 0 saturated heterocycles. The molecule has 0 spiro atoms. The molecule has 0 radical (unpaired) electrons. The SMILES string of the molecule is CNCC[C@H](Oc1ccc(C)cc1)c1cccc(F)c1. The van der Waals surface area contributed by atoms with Gasteiger partial charge in [0, 0.05) is 6.42 Å². The molecular weight excluding hydrogens is 253 g/mol. The first-order chi connectivity index (χ1) is 9.69. The second kappa shape index (κ2) is 7.06. The van der Waals surface area contributed by atoms with Gasteiger partial charge in [0.05, 0.1) is 0 Å². The van der Waals surface area contributed by atoms with E-state index in [0.717, 1.165) is 24.3 Å². The Hall–Kier alpha value is -1.87. The summed E-state index contributed by atoms with van der Waals surface area (Å²) in [6.07, 6.45) is 0.634. The number of hydrogen-bond donors (Lipinski definition) is 1. The average molecular weight is 273 g/mol. The van der Waals surface area contributed by atoms with Crippen LogP contribution in [0.4, 0.5) is 4.39 Å². The third kappa shape index (κ3) is 4.07. The number of rotatable bonds is 6. The van der Waals surface area contributed by atoms with Crippen molar-refractivity contribution >= 4 is 0 Å². The van der Waals surface area contributed by atoms with Crippen LogP contribution >= 0.6 is 0 Å². The summed E-state index contributed by atoms with van der Waals surface area (Å²) >= 11 is 0. The van der Waals surface area contributed by atoms with Gasteiger partial charge in [-0.3, -0.25) is 0 Å². The fraction of sp³-hybridized carbons (Fsp3) is 0.294. The molecule has 0 aliphatic heterocycles. The van der Waals surface area contributed by atoms with Gasteiger partial charge >= 0.3 is 0 Å². The van der Waals surface area contributed by atoms with Gasteiger partial charge in [-0.15, -0.1) is 0 Å². The van der Waals surface area contributed by atoms with E-state index in [0.29, 0.717) is 0 Å². The molecular formula is C17H20FNO. The number of nitrogens with one attached hydrogen (secondary N) is 1. The van der Waals surface area contributed by atoms with Crippen LogP contribution in [-0.4, -0.2) is 13.6 Å². The van der Waals surface area contributed by atoms with Gasteiger partial charge in [0.25, 0.3) is 0 Å². The lowest BCUT2D eigenvalue weighted by Gasteiger charge is -2.20. The molecule has 1 N–H and O–H groups in total. The van der Waals surface area contributed by atoms with E-state index in [2.05, 4.69) is 5.32 Å². The molecule has 0 aliphatic rings. The van der Waals surface area contributed by atoms with Crippen LogP contribution in [0, 0.1) is 12.7 Å². The highest BCUT2D eigenvalue weighted by Crippen LogP contribution is 2.25. The predicted molar refractivity (Wildman–Crippen MR) is 79.5 cm³/mol. The molecule has 0 aromatic heterocycles. The summed E-state index contributed by atoms with van der Waals surface area (Å²) in [7, 11) is 1.90. The van der Waals surface area contributed by atoms with Crippen molar-refractivity contribution in [3.63, 3.8) is 0 Å². The third-order valence-corrected chi connectivity index (χ3v) is 3.18. The Kier molecular flexibility index (Phi) is 5.13. The monoisotopic (exact) mass is 273 g/mol. The van der Waals surface area contributed by atoms with Crippen LogP contribution < -0.4 is 10.1 Å². The molecule has 106 valence electrons. The van der Waals surface area contributed by atoms with E-state index in [1.807, 2.05) is 44.3 Å². The number of hydrogen-bond acceptors (Lipinski definition) is 2. The molecule has 0 bridgehead atoms. The molecule has 2 aromatic carbocycles. The van der Waals surface area contributed by atoms with Gasteiger partial charge in [-0.25, -0.2) is 4.39 Å². The lowest BCUT2D eigenvalue weighted by atomic mass is 10.1. The van der Waals surface area contributed by atoms with Crippen LogP contribution in [0.1, 0.15) is 23.7 Å². The minimum atomic E-state index is -0.232. The second-order valence-corrected chi connectivity index (χ2v) is 4.87. The maximum atomic E-state index is 13.4. The van der Waals surface area contributed by atoms with Crippen molar-refractivity contribution in [2.45, 2.75) is 19.4 Å². The van der Waals surface area contributed by atoms with Crippen LogP contribution in [0.25, 0.3) is 0 Å². The quantitative estimate of drug-likeness (QED) is 0.862. The van der Waals surface area contributed by atoms with Gasteiger partial charge in [-0.2, -0.15) is 0 Å². The average Bonchev–Trinajstić information content (AvgIpc) is 2.45. The molecule has 0 unspecified atom stereocenters. The van der Waals surface area contributed by atoms with Gasteiger partial charge in [0.15, 0.2) is 0 Å². The van der Waals surface area contributed by atoms with Crippen molar-refractivity contribution in [1.29, 1.82) is 0 Å². The van der Waals surface area contributed by atoms with Gasteiger partial charge in [-0.1, -0.05) is 29.8 Å². The van der Waals surface area contributed by atoms with Crippen molar-refractivity contribution in [3.8, 4) is 5.75 Å². The topological polar surface area (TPSA) is 21.3 Å². The minimum Gasteiger partial charge on any atom is -0.486 e. The van der Waals surface area contributed by atoms with E-state index >= 15 is 0 Å². The summed E-state index contributed by atoms with van der Waals surface area (Å²) in [6, 6.07) is 14.5. The molecule has 0 amide bonds. The zero-order valence-corrected chi connectivity index (χ0v) is 11.9. The Bertz CT molecular complexity index is 539. The van der Waals surface area contributed by atoms with Crippen LogP contribution in [0.3, 0.4) is 0 Å². The summed E-state index contributed by atoms with van der Waals surface area (Å²) in [5, 5.41) is 3.10. The standard InChI is InChI=1S/C17H20FNO/c1-13-6-8-16(9-7-13)20-17(10-11-19-2)14-4-3-5-15(18)12-14/h3-9,12,17,19H,10-11H2,1-2H3/t17-/m0/s1. The van der Waals surface area contributed by atoms with Crippen molar-refractivity contribution < 1.29 is 9.13 Å². The van der Waals surface area contributed by atoms with E-state index in [9.17, 15) is 4.39 Å². The lowest BCUT2D eigenvalue weighted by molar-refractivity contribution is 0.194. The van der Waals surface area contributed by atoms with E-state index in [1.165, 1.54) is 17.7 Å². The number of ether oxygens (including phenoxy) is 1. The zero-order valence-electron chi connectivity index (χ0n) is 11.9. The van der Waals surface area contributed by atoms with Crippen molar-refractivity contribution in [2.75, 3.05) is 13.6 Å². The molecule has 0 saturated carbocycles. The first-order valence-corrected chi connectivity index (χ1v) is 6.82. The zero-order chi connectivity index (χ0) is 14.4. The highest BCUT2D eigenvalue weighted by molar-refractivity contribution is 5.28. The Morgan fingerprint density at radius 1 is 1.15 bits per heavy atom. The molecule has 3 heteroatoms. The highest BCUT2D eigenvalue weighted by atomic mass is 19.1. The summed E-state index contributed by atoms with van der Waals surface area (Å²) in [4.78, 5) is 0. The van der Waals surface area contributed by atoms with Crippen molar-refractivity contribution in [3.05, 3.63) is 65.5 Å². The number of benzene rings is 2. The minimum absolute atomic E-state index is 0.152. The molecule has 20 heavy (non-hydrogen) atoms. The Balaban J connectivity index is 2.16. The van der Waals surface area contributed by atoms with E-state index in [-0.39, 0.29) is 11.9 Å². The molecule has 2 aromatic rings. The first-order valence-electron chi connectivity index (χ1n) is 6.82. The molecule has 2 nitrogen and oxygen atoms in total. The van der Waals surface area contributed by atoms with E-state index in [1.54, 1.807) is 6.07 Å². The fourth-order valence-electron chi connectivity index (χ4n) is 2.06. The number of aryl methyl sites for hydroxylation is 1. The van der Waals surface area contributed by atoms with Crippen molar-refractivity contribution in [2.24, 2.45) is 0 Å². The Morgan fingerprint density at radius 3 is 2.55 bits per heavy atom. The van der Waals surface area contributed by atoms with Crippen LogP contribution in [-0.2, 0) is 0 Å². The van der Waals surface area contributed by atoms with E-state index < -0.39 is 0 Å². The van der Waals surface area contributed by atoms with Crippen molar-refractivity contribution in [1.82, 2.24) is 5.32 Å². The summed E-state index contributed by atoms with van der Waals surface area (Å²) in [5.74, 6) is 0.574. The smallest absolute Gasteiger partial charge is 0.125 e. The Labute approximate surface area is 119 Å². The normalized spacial score (nSPS) is 12.2. The molecule has 0 aliphatic carbocycles.